The van der Waals surface area contributed by atoms with Crippen molar-refractivity contribution in [3.8, 4) is 0 Å². The smallest absolute Gasteiger partial charge is 0.326 e. The number of aliphatic carboxylic acids is 1. The van der Waals surface area contributed by atoms with Crippen molar-refractivity contribution in [2.45, 2.75) is 77.0 Å². The number of hydrogen-bond acceptors (Lipinski definition) is 6. The molecule has 1 aromatic rings. The van der Waals surface area contributed by atoms with Gasteiger partial charge >= 0.3 is 5.97 Å². The Balaban J connectivity index is 2.74. The summed E-state index contributed by atoms with van der Waals surface area (Å²) in [7, 11) is 0. The lowest BCUT2D eigenvalue weighted by Gasteiger charge is -2.27. The van der Waals surface area contributed by atoms with E-state index in [0.29, 0.717) is 32.2 Å². The van der Waals surface area contributed by atoms with Crippen LogP contribution in [0.3, 0.4) is 0 Å². The Labute approximate surface area is 201 Å². The third-order valence-corrected chi connectivity index (χ3v) is 5.74. The van der Waals surface area contributed by atoms with Gasteiger partial charge in [-0.05, 0) is 50.6 Å². The van der Waals surface area contributed by atoms with Gasteiger partial charge < -0.3 is 32.5 Å². The van der Waals surface area contributed by atoms with Crippen LogP contribution >= 0.6 is 0 Å². The first kappa shape index (κ1) is 29.1. The summed E-state index contributed by atoms with van der Waals surface area (Å²) in [5.41, 5.74) is 12.3. The second-order valence-corrected chi connectivity index (χ2v) is 8.58. The van der Waals surface area contributed by atoms with Gasteiger partial charge in [0.1, 0.15) is 18.1 Å². The van der Waals surface area contributed by atoms with E-state index in [4.69, 9.17) is 11.5 Å². The van der Waals surface area contributed by atoms with E-state index in [2.05, 4.69) is 16.0 Å². The minimum Gasteiger partial charge on any atom is -0.480 e. The highest BCUT2D eigenvalue weighted by molar-refractivity contribution is 5.94. The summed E-state index contributed by atoms with van der Waals surface area (Å²) >= 11 is 0. The van der Waals surface area contributed by atoms with Crippen LogP contribution in [0.1, 0.15) is 52.0 Å². The molecule has 0 fully saturated rings. The number of carboxylic acids is 1. The minimum absolute atomic E-state index is 0.241. The molecule has 0 aromatic heterocycles. The summed E-state index contributed by atoms with van der Waals surface area (Å²) in [6.07, 6.45) is 2.34. The van der Waals surface area contributed by atoms with E-state index >= 15 is 0 Å². The third-order valence-electron chi connectivity index (χ3n) is 5.74. The Kier molecular flexibility index (Phi) is 12.8. The Morgan fingerprint density at radius 1 is 0.941 bits per heavy atom. The number of carbonyl (C=O) groups is 4. The number of hydrogen-bond donors (Lipinski definition) is 6. The number of carboxylic acid groups (broad SMARTS) is 1. The van der Waals surface area contributed by atoms with E-state index in [9.17, 15) is 24.3 Å². The Morgan fingerprint density at radius 3 is 2.15 bits per heavy atom. The summed E-state index contributed by atoms with van der Waals surface area (Å²) in [6, 6.07) is 5.49. The van der Waals surface area contributed by atoms with Crippen LogP contribution in [0.5, 0.6) is 0 Å². The van der Waals surface area contributed by atoms with Gasteiger partial charge in [-0.1, -0.05) is 50.6 Å². The van der Waals surface area contributed by atoms with Gasteiger partial charge in [0.2, 0.25) is 17.7 Å². The minimum atomic E-state index is -1.15. The SMILES string of the molecule is CCC(C)C(NC(=O)C(C)NC(=O)C(N)Cc1ccccc1)C(=O)NC(CCCCN)C(=O)O. The van der Waals surface area contributed by atoms with Gasteiger partial charge in [-0.3, -0.25) is 14.4 Å². The van der Waals surface area contributed by atoms with E-state index in [1.165, 1.54) is 6.92 Å². The van der Waals surface area contributed by atoms with Gasteiger partial charge in [-0.2, -0.15) is 0 Å². The van der Waals surface area contributed by atoms with Crippen LogP contribution < -0.4 is 27.4 Å². The number of amides is 3. The van der Waals surface area contributed by atoms with Crippen LogP contribution in [-0.2, 0) is 25.6 Å². The van der Waals surface area contributed by atoms with Gasteiger partial charge in [0.25, 0.3) is 0 Å². The second-order valence-electron chi connectivity index (χ2n) is 8.58. The zero-order valence-corrected chi connectivity index (χ0v) is 20.3. The topological polar surface area (TPSA) is 177 Å². The second kappa shape index (κ2) is 15.0. The van der Waals surface area contributed by atoms with Crippen LogP contribution in [0.25, 0.3) is 0 Å². The first-order valence-corrected chi connectivity index (χ1v) is 11.7. The average Bonchev–Trinajstić information content (AvgIpc) is 2.81. The molecule has 0 aliphatic rings. The summed E-state index contributed by atoms with van der Waals surface area (Å²) in [4.78, 5) is 49.6. The zero-order chi connectivity index (χ0) is 25.7. The van der Waals surface area contributed by atoms with Crippen molar-refractivity contribution in [1.29, 1.82) is 0 Å². The lowest BCUT2D eigenvalue weighted by atomic mass is 9.97. The fourth-order valence-electron chi connectivity index (χ4n) is 3.34. The molecule has 0 radical (unpaired) electrons. The molecule has 10 heteroatoms. The Hall–Kier alpha value is -2.98. The van der Waals surface area contributed by atoms with Gasteiger partial charge in [0, 0.05) is 0 Å². The van der Waals surface area contributed by atoms with Crippen molar-refractivity contribution in [3.05, 3.63) is 35.9 Å². The van der Waals surface area contributed by atoms with E-state index in [-0.39, 0.29) is 12.3 Å². The zero-order valence-electron chi connectivity index (χ0n) is 20.3. The molecule has 1 aromatic carbocycles. The number of carbonyl (C=O) groups excluding carboxylic acids is 3. The highest BCUT2D eigenvalue weighted by Gasteiger charge is 2.31. The molecule has 34 heavy (non-hydrogen) atoms. The van der Waals surface area contributed by atoms with E-state index < -0.39 is 47.9 Å². The summed E-state index contributed by atoms with van der Waals surface area (Å²) in [5, 5.41) is 17.2. The molecule has 0 aliphatic carbocycles. The molecular weight excluding hydrogens is 438 g/mol. The van der Waals surface area contributed by atoms with E-state index in [0.717, 1.165) is 5.56 Å². The van der Waals surface area contributed by atoms with Crippen molar-refractivity contribution in [1.82, 2.24) is 16.0 Å². The van der Waals surface area contributed by atoms with Crippen LogP contribution in [0, 0.1) is 5.92 Å². The van der Waals surface area contributed by atoms with Crippen LogP contribution in [0.4, 0.5) is 0 Å². The predicted octanol–water partition coefficient (Wildman–Crippen LogP) is 0.290. The number of benzene rings is 1. The molecule has 0 heterocycles. The standard InChI is InChI=1S/C24H39N5O5/c1-4-15(2)20(23(32)28-19(24(33)34)12-8-9-13-25)29-21(30)16(3)27-22(31)18(26)14-17-10-6-5-7-11-17/h5-7,10-11,15-16,18-20H,4,8-9,12-14,25-26H2,1-3H3,(H,27,31)(H,28,32)(H,29,30)(H,33,34). The Bertz CT molecular complexity index is 804. The fourth-order valence-corrected chi connectivity index (χ4v) is 3.34. The molecule has 3 amide bonds. The van der Waals surface area contributed by atoms with Crippen LogP contribution in [0.15, 0.2) is 30.3 Å². The summed E-state index contributed by atoms with van der Waals surface area (Å²) in [5.74, 6) is -3.03. The quantitative estimate of drug-likeness (QED) is 0.197. The normalized spacial score (nSPS) is 15.3. The van der Waals surface area contributed by atoms with Gasteiger partial charge in [-0.25, -0.2) is 4.79 Å². The molecule has 190 valence electrons. The number of nitrogens with two attached hydrogens (primary N) is 2. The van der Waals surface area contributed by atoms with Crippen molar-refractivity contribution in [3.63, 3.8) is 0 Å². The van der Waals surface area contributed by atoms with Crippen molar-refractivity contribution >= 4 is 23.7 Å². The lowest BCUT2D eigenvalue weighted by Crippen LogP contribution is -2.58. The van der Waals surface area contributed by atoms with E-state index in [1.54, 1.807) is 6.92 Å². The maximum Gasteiger partial charge on any atom is 0.326 e. The van der Waals surface area contributed by atoms with Crippen molar-refractivity contribution < 1.29 is 24.3 Å². The molecule has 10 nitrogen and oxygen atoms in total. The summed E-state index contributed by atoms with van der Waals surface area (Å²) in [6.45, 7) is 5.58. The van der Waals surface area contributed by atoms with Crippen molar-refractivity contribution in [2.75, 3.05) is 6.54 Å². The average molecular weight is 478 g/mol. The van der Waals surface area contributed by atoms with Crippen LogP contribution in [-0.4, -0.2) is 59.5 Å². The Morgan fingerprint density at radius 2 is 1.59 bits per heavy atom. The largest absolute Gasteiger partial charge is 0.480 e. The predicted molar refractivity (Wildman–Crippen MR) is 130 cm³/mol. The molecule has 8 N–H and O–H groups in total. The lowest BCUT2D eigenvalue weighted by molar-refractivity contribution is -0.143. The van der Waals surface area contributed by atoms with Crippen LogP contribution in [0.2, 0.25) is 0 Å². The molecule has 0 spiro atoms. The van der Waals surface area contributed by atoms with Gasteiger partial charge in [-0.15, -0.1) is 0 Å². The van der Waals surface area contributed by atoms with Crippen molar-refractivity contribution in [2.24, 2.45) is 17.4 Å². The highest BCUT2D eigenvalue weighted by atomic mass is 16.4. The molecule has 1 rings (SSSR count). The van der Waals surface area contributed by atoms with E-state index in [1.807, 2.05) is 37.3 Å². The monoisotopic (exact) mass is 477 g/mol. The maximum absolute atomic E-state index is 12.9. The molecular formula is C24H39N5O5. The highest BCUT2D eigenvalue weighted by Crippen LogP contribution is 2.10. The molecule has 0 bridgehead atoms. The molecule has 0 aliphatic heterocycles. The summed E-state index contributed by atoms with van der Waals surface area (Å²) < 4.78 is 0. The molecule has 5 atom stereocenters. The first-order valence-electron chi connectivity index (χ1n) is 11.7. The number of unbranched alkanes of at least 4 members (excludes halogenated alkanes) is 1. The number of nitrogens with one attached hydrogen (secondary N) is 3. The molecule has 0 saturated carbocycles. The fraction of sp³-hybridized carbons (Fsp3) is 0.583. The van der Waals surface area contributed by atoms with Gasteiger partial charge in [0.15, 0.2) is 0 Å². The first-order chi connectivity index (χ1) is 16.1. The number of rotatable bonds is 15. The molecule has 0 saturated heterocycles. The third kappa shape index (κ3) is 9.88. The van der Waals surface area contributed by atoms with Gasteiger partial charge in [0.05, 0.1) is 6.04 Å². The molecule has 5 unspecified atom stereocenters. The maximum atomic E-state index is 12.9.